The molecule has 0 unspecified atom stereocenters. The van der Waals surface area contributed by atoms with Gasteiger partial charge in [-0.05, 0) is 75.3 Å². The summed E-state index contributed by atoms with van der Waals surface area (Å²) >= 11 is 0. The third-order valence-corrected chi connectivity index (χ3v) is 7.20. The summed E-state index contributed by atoms with van der Waals surface area (Å²) in [5.41, 5.74) is -2.94. The number of aromatic nitrogens is 1. The Labute approximate surface area is 190 Å². The molecule has 1 atom stereocenters. The maximum atomic E-state index is 14.3. The second-order valence-electron chi connectivity index (χ2n) is 9.72. The predicted molar refractivity (Wildman–Crippen MR) is 115 cm³/mol. The van der Waals surface area contributed by atoms with Crippen molar-refractivity contribution in [2.45, 2.75) is 81.6 Å². The van der Waals surface area contributed by atoms with E-state index in [-0.39, 0.29) is 29.4 Å². The van der Waals surface area contributed by atoms with Gasteiger partial charge in [-0.3, -0.25) is 9.78 Å². The van der Waals surface area contributed by atoms with Crippen LogP contribution in [0.4, 0.5) is 17.6 Å². The predicted octanol–water partition coefficient (Wildman–Crippen LogP) is 5.50. The monoisotopic (exact) mass is 464 g/mol. The molecule has 0 bridgehead atoms. The van der Waals surface area contributed by atoms with Crippen molar-refractivity contribution in [3.63, 3.8) is 0 Å². The summed E-state index contributed by atoms with van der Waals surface area (Å²) in [5, 5.41) is 9.87. The van der Waals surface area contributed by atoms with E-state index in [1.54, 1.807) is 12.3 Å². The molecule has 33 heavy (non-hydrogen) atoms. The number of carbonyl (C=O) groups is 1. The molecule has 2 aromatic rings. The molecule has 0 spiro atoms. The van der Waals surface area contributed by atoms with Gasteiger partial charge in [0.2, 0.25) is 0 Å². The highest BCUT2D eigenvalue weighted by molar-refractivity contribution is 5.95. The SMILES string of the molecule is CC1(c2ncccc2F)CCC(N(C(=O)c2ccc([C@](C)(O)C(F)(F)F)cc2)C2CC2)CC1. The second kappa shape index (κ2) is 8.38. The summed E-state index contributed by atoms with van der Waals surface area (Å²) in [5.74, 6) is -0.531. The number of hydrogen-bond donors (Lipinski definition) is 1. The van der Waals surface area contributed by atoms with Crippen LogP contribution in [0.3, 0.4) is 0 Å². The molecule has 0 saturated heterocycles. The summed E-state index contributed by atoms with van der Waals surface area (Å²) in [4.78, 5) is 19.5. The van der Waals surface area contributed by atoms with Gasteiger partial charge in [0.05, 0.1) is 5.69 Å². The van der Waals surface area contributed by atoms with Gasteiger partial charge >= 0.3 is 6.18 Å². The van der Waals surface area contributed by atoms with Gasteiger partial charge in [0.25, 0.3) is 5.91 Å². The number of halogens is 4. The third-order valence-electron chi connectivity index (χ3n) is 7.20. The first kappa shape index (κ1) is 23.7. The second-order valence-corrected chi connectivity index (χ2v) is 9.72. The van der Waals surface area contributed by atoms with E-state index in [0.29, 0.717) is 43.9 Å². The molecule has 178 valence electrons. The molecular formula is C25H28F4N2O2. The Bertz CT molecular complexity index is 1010. The fraction of sp³-hybridized carbons (Fsp3) is 0.520. The van der Waals surface area contributed by atoms with E-state index < -0.39 is 17.2 Å². The number of carbonyl (C=O) groups excluding carboxylic acids is 1. The van der Waals surface area contributed by atoms with E-state index in [1.165, 1.54) is 18.2 Å². The van der Waals surface area contributed by atoms with Crippen LogP contribution in [0, 0.1) is 5.82 Å². The quantitative estimate of drug-likeness (QED) is 0.595. The van der Waals surface area contributed by atoms with Gasteiger partial charge in [0, 0.05) is 29.3 Å². The smallest absolute Gasteiger partial charge is 0.376 e. The molecular weight excluding hydrogens is 436 g/mol. The maximum Gasteiger partial charge on any atom is 0.421 e. The Morgan fingerprint density at radius 2 is 1.64 bits per heavy atom. The van der Waals surface area contributed by atoms with E-state index in [1.807, 2.05) is 11.8 Å². The van der Waals surface area contributed by atoms with Crippen molar-refractivity contribution < 1.29 is 27.5 Å². The highest BCUT2D eigenvalue weighted by Crippen LogP contribution is 2.43. The first-order chi connectivity index (χ1) is 15.4. The molecule has 2 saturated carbocycles. The lowest BCUT2D eigenvalue weighted by Gasteiger charge is -2.42. The van der Waals surface area contributed by atoms with Gasteiger partial charge in [-0.1, -0.05) is 19.1 Å². The topological polar surface area (TPSA) is 53.4 Å². The lowest BCUT2D eigenvalue weighted by molar-refractivity contribution is -0.258. The Morgan fingerprint density at radius 3 is 2.15 bits per heavy atom. The minimum Gasteiger partial charge on any atom is -0.376 e. The number of hydrogen-bond acceptors (Lipinski definition) is 3. The zero-order valence-electron chi connectivity index (χ0n) is 18.7. The molecule has 1 heterocycles. The fourth-order valence-corrected chi connectivity index (χ4v) is 4.82. The normalized spacial score (nSPS) is 25.4. The standard InChI is InChI=1S/C25H28F4N2O2/c1-23(21-20(26)4-3-15-30-21)13-11-19(12-14-23)31(18-9-10-18)22(32)16-5-7-17(8-6-16)24(2,33)25(27,28)29/h3-8,15,18-19,33H,9-14H2,1-2H3/t19?,23?,24-/m0/s1. The van der Waals surface area contributed by atoms with Gasteiger partial charge in [0.1, 0.15) is 5.82 Å². The molecule has 4 rings (SSSR count). The van der Waals surface area contributed by atoms with Gasteiger partial charge in [-0.15, -0.1) is 0 Å². The van der Waals surface area contributed by atoms with Crippen molar-refractivity contribution >= 4 is 5.91 Å². The van der Waals surface area contributed by atoms with Crippen molar-refractivity contribution in [2.75, 3.05) is 0 Å². The Morgan fingerprint density at radius 1 is 1.06 bits per heavy atom. The molecule has 1 aromatic heterocycles. The first-order valence-electron chi connectivity index (χ1n) is 11.3. The van der Waals surface area contributed by atoms with Gasteiger partial charge in [-0.25, -0.2) is 4.39 Å². The van der Waals surface area contributed by atoms with Crippen LogP contribution in [0.5, 0.6) is 0 Å². The zero-order chi connectivity index (χ0) is 24.0. The van der Waals surface area contributed by atoms with E-state index >= 15 is 0 Å². The number of benzene rings is 1. The Balaban J connectivity index is 1.50. The number of aliphatic hydroxyl groups is 1. The van der Waals surface area contributed by atoms with Gasteiger partial charge in [0.15, 0.2) is 5.60 Å². The summed E-state index contributed by atoms with van der Waals surface area (Å²) in [6.45, 7) is 2.70. The first-order valence-corrected chi connectivity index (χ1v) is 11.3. The lowest BCUT2D eigenvalue weighted by atomic mass is 9.71. The Hall–Kier alpha value is -2.48. The summed E-state index contributed by atoms with van der Waals surface area (Å²) in [6.07, 6.45) is 1.36. The van der Waals surface area contributed by atoms with Gasteiger partial charge in [-0.2, -0.15) is 13.2 Å². The van der Waals surface area contributed by atoms with Crippen LogP contribution in [0.2, 0.25) is 0 Å². The zero-order valence-corrected chi connectivity index (χ0v) is 18.7. The van der Waals surface area contributed by atoms with Crippen molar-refractivity contribution in [1.29, 1.82) is 0 Å². The lowest BCUT2D eigenvalue weighted by Crippen LogP contribution is -2.46. The number of amides is 1. The van der Waals surface area contributed by atoms with Gasteiger partial charge < -0.3 is 10.0 Å². The van der Waals surface area contributed by atoms with E-state index in [4.69, 9.17) is 0 Å². The number of rotatable bonds is 5. The molecule has 1 aromatic carbocycles. The van der Waals surface area contributed by atoms with Crippen LogP contribution in [-0.4, -0.2) is 39.2 Å². The van der Waals surface area contributed by atoms with Crippen LogP contribution in [0.25, 0.3) is 0 Å². The van der Waals surface area contributed by atoms with Crippen LogP contribution in [-0.2, 0) is 11.0 Å². The summed E-state index contributed by atoms with van der Waals surface area (Å²) < 4.78 is 53.7. The third kappa shape index (κ3) is 4.50. The fourth-order valence-electron chi connectivity index (χ4n) is 4.82. The molecule has 2 aliphatic rings. The van der Waals surface area contributed by atoms with Crippen molar-refractivity contribution in [3.8, 4) is 0 Å². The number of nitrogens with zero attached hydrogens (tertiary/aromatic N) is 2. The molecule has 2 aliphatic carbocycles. The molecule has 8 heteroatoms. The Kier molecular flexibility index (Phi) is 6.01. The van der Waals surface area contributed by atoms with Crippen LogP contribution < -0.4 is 0 Å². The molecule has 2 fully saturated rings. The van der Waals surface area contributed by atoms with Crippen LogP contribution >= 0.6 is 0 Å². The highest BCUT2D eigenvalue weighted by atomic mass is 19.4. The number of alkyl halides is 3. The highest BCUT2D eigenvalue weighted by Gasteiger charge is 2.51. The maximum absolute atomic E-state index is 14.3. The minimum atomic E-state index is -4.82. The van der Waals surface area contributed by atoms with Crippen LogP contribution in [0.15, 0.2) is 42.6 Å². The average molecular weight is 465 g/mol. The van der Waals surface area contributed by atoms with E-state index in [0.717, 1.165) is 25.0 Å². The summed E-state index contributed by atoms with van der Waals surface area (Å²) in [6, 6.07) is 8.12. The molecule has 4 nitrogen and oxygen atoms in total. The van der Waals surface area contributed by atoms with Crippen molar-refractivity contribution in [1.82, 2.24) is 9.88 Å². The molecule has 0 aliphatic heterocycles. The minimum absolute atomic E-state index is 0.0113. The van der Waals surface area contributed by atoms with E-state index in [2.05, 4.69) is 4.98 Å². The molecule has 0 radical (unpaired) electrons. The average Bonchev–Trinajstić information content (AvgIpc) is 3.60. The molecule has 1 amide bonds. The van der Waals surface area contributed by atoms with E-state index in [9.17, 15) is 27.5 Å². The molecule has 1 N–H and O–H groups in total. The van der Waals surface area contributed by atoms with Crippen molar-refractivity contribution in [3.05, 3.63) is 65.2 Å². The summed E-state index contributed by atoms with van der Waals surface area (Å²) in [7, 11) is 0. The number of pyridine rings is 1. The largest absolute Gasteiger partial charge is 0.421 e. The van der Waals surface area contributed by atoms with Crippen LogP contribution in [0.1, 0.15) is 74.0 Å². The van der Waals surface area contributed by atoms with Crippen molar-refractivity contribution in [2.24, 2.45) is 0 Å².